The van der Waals surface area contributed by atoms with Gasteiger partial charge >= 0.3 is 5.97 Å². The highest BCUT2D eigenvalue weighted by Crippen LogP contribution is 2.13. The van der Waals surface area contributed by atoms with Crippen molar-refractivity contribution in [3.63, 3.8) is 0 Å². The Balaban J connectivity index is 2.38. The molecule has 0 aliphatic rings. The number of nitrogens with one attached hydrogen (secondary N) is 2. The fourth-order valence-corrected chi connectivity index (χ4v) is 1.03. The third-order valence-electron chi connectivity index (χ3n) is 1.70. The van der Waals surface area contributed by atoms with Crippen molar-refractivity contribution in [3.05, 3.63) is 5.82 Å². The average Bonchev–Trinajstić information content (AvgIpc) is 2.45. The van der Waals surface area contributed by atoms with Crippen LogP contribution in [0.1, 0.15) is 12.2 Å². The van der Waals surface area contributed by atoms with Gasteiger partial charge in [0, 0.05) is 6.54 Å². The van der Waals surface area contributed by atoms with E-state index in [0.29, 0.717) is 24.6 Å². The minimum absolute atomic E-state index is 0.261. The summed E-state index contributed by atoms with van der Waals surface area (Å²) in [4.78, 5) is 17.7. The molecule has 0 unspecified atom stereocenters. The van der Waals surface area contributed by atoms with Crippen molar-refractivity contribution in [1.29, 1.82) is 0 Å². The van der Waals surface area contributed by atoms with Gasteiger partial charge in [-0.25, -0.2) is 4.98 Å². The minimum Gasteiger partial charge on any atom is -0.469 e. The zero-order chi connectivity index (χ0) is 10.6. The van der Waals surface area contributed by atoms with E-state index in [1.165, 1.54) is 7.11 Å². The summed E-state index contributed by atoms with van der Waals surface area (Å²) in [7, 11) is 1.36. The first-order valence-corrected chi connectivity index (χ1v) is 4.26. The smallest absolute Gasteiger partial charge is 0.307 e. The third-order valence-corrected chi connectivity index (χ3v) is 1.70. The van der Waals surface area contributed by atoms with Gasteiger partial charge in [-0.1, -0.05) is 0 Å². The van der Waals surface area contributed by atoms with Crippen molar-refractivity contribution in [2.45, 2.75) is 13.3 Å². The number of nitrogens with two attached hydrogens (primary N) is 1. The molecule has 78 valence electrons. The molecule has 1 aromatic rings. The molecule has 0 bridgehead atoms. The second kappa shape index (κ2) is 4.50. The number of hydrogen-bond donors (Lipinski definition) is 3. The average molecular weight is 198 g/mol. The zero-order valence-corrected chi connectivity index (χ0v) is 8.26. The highest BCUT2D eigenvalue weighted by Gasteiger charge is 2.05. The molecule has 0 saturated heterocycles. The molecule has 1 heterocycles. The van der Waals surface area contributed by atoms with Gasteiger partial charge in [0.1, 0.15) is 11.6 Å². The van der Waals surface area contributed by atoms with E-state index >= 15 is 0 Å². The molecule has 0 aromatic carbocycles. The van der Waals surface area contributed by atoms with Gasteiger partial charge in [-0.2, -0.15) is 0 Å². The molecule has 0 aliphatic carbocycles. The summed E-state index contributed by atoms with van der Waals surface area (Å²) in [6.07, 6.45) is 0.293. The number of anilines is 2. The summed E-state index contributed by atoms with van der Waals surface area (Å²) in [5.41, 5.74) is 5.59. The number of carbonyl (C=O) groups excluding carboxylic acids is 1. The number of carbonyl (C=O) groups is 1. The van der Waals surface area contributed by atoms with E-state index in [4.69, 9.17) is 5.73 Å². The fourth-order valence-electron chi connectivity index (χ4n) is 1.03. The summed E-state index contributed by atoms with van der Waals surface area (Å²) in [6.45, 7) is 2.27. The number of aryl methyl sites for hydroxylation is 1. The van der Waals surface area contributed by atoms with Gasteiger partial charge in [-0.15, -0.1) is 0 Å². The molecule has 0 radical (unpaired) electrons. The highest BCUT2D eigenvalue weighted by atomic mass is 16.5. The van der Waals surface area contributed by atoms with Crippen LogP contribution in [-0.2, 0) is 9.53 Å². The quantitative estimate of drug-likeness (QED) is 0.604. The molecule has 6 heteroatoms. The SMILES string of the molecule is COC(=O)CCNc1nc(C)[nH]c1N. The topological polar surface area (TPSA) is 93.0 Å². The van der Waals surface area contributed by atoms with Gasteiger partial charge in [-0.05, 0) is 6.92 Å². The van der Waals surface area contributed by atoms with E-state index in [0.717, 1.165) is 5.82 Å². The lowest BCUT2D eigenvalue weighted by molar-refractivity contribution is -0.140. The molecule has 1 aromatic heterocycles. The van der Waals surface area contributed by atoms with Gasteiger partial charge in [0.25, 0.3) is 0 Å². The molecule has 0 aliphatic heterocycles. The van der Waals surface area contributed by atoms with E-state index in [9.17, 15) is 4.79 Å². The van der Waals surface area contributed by atoms with E-state index in [1.807, 2.05) is 6.92 Å². The predicted octanol–water partition coefficient (Wildman–Crippen LogP) is 0.275. The maximum absolute atomic E-state index is 10.8. The van der Waals surface area contributed by atoms with E-state index in [1.54, 1.807) is 0 Å². The number of H-pyrrole nitrogens is 1. The van der Waals surface area contributed by atoms with Crippen molar-refractivity contribution >= 4 is 17.6 Å². The van der Waals surface area contributed by atoms with Crippen LogP contribution in [0.3, 0.4) is 0 Å². The third kappa shape index (κ3) is 2.65. The number of methoxy groups -OCH3 is 1. The highest BCUT2D eigenvalue weighted by molar-refractivity contribution is 5.70. The van der Waals surface area contributed by atoms with E-state index in [2.05, 4.69) is 20.0 Å². The summed E-state index contributed by atoms with van der Waals surface area (Å²) < 4.78 is 4.49. The lowest BCUT2D eigenvalue weighted by Gasteiger charge is -2.02. The largest absolute Gasteiger partial charge is 0.469 e. The molecule has 0 fully saturated rings. The number of nitrogens with zero attached hydrogens (tertiary/aromatic N) is 1. The monoisotopic (exact) mass is 198 g/mol. The first kappa shape index (κ1) is 10.4. The first-order valence-electron chi connectivity index (χ1n) is 4.26. The molecule has 0 atom stereocenters. The number of aromatic amines is 1. The molecule has 1 rings (SSSR count). The Labute approximate surface area is 81.8 Å². The molecule has 4 N–H and O–H groups in total. The van der Waals surface area contributed by atoms with E-state index in [-0.39, 0.29) is 5.97 Å². The number of nitrogen functional groups attached to an aromatic ring is 1. The Morgan fingerprint density at radius 3 is 2.93 bits per heavy atom. The van der Waals surface area contributed by atoms with Crippen molar-refractivity contribution in [2.75, 3.05) is 24.7 Å². The molecule has 14 heavy (non-hydrogen) atoms. The molecular weight excluding hydrogens is 184 g/mol. The Bertz CT molecular complexity index is 321. The van der Waals surface area contributed by atoms with Crippen LogP contribution < -0.4 is 11.1 Å². The van der Waals surface area contributed by atoms with Crippen LogP contribution in [-0.4, -0.2) is 29.6 Å². The van der Waals surface area contributed by atoms with Crippen molar-refractivity contribution in [3.8, 4) is 0 Å². The lowest BCUT2D eigenvalue weighted by Crippen LogP contribution is -2.10. The standard InChI is InChI=1S/C8H14N4O2/c1-5-11-7(9)8(12-5)10-4-3-6(13)14-2/h10H,3-4,9H2,1-2H3,(H,11,12). The molecule has 0 amide bonds. The number of rotatable bonds is 4. The van der Waals surface area contributed by atoms with Crippen LogP contribution >= 0.6 is 0 Å². The van der Waals surface area contributed by atoms with Crippen LogP contribution in [0.25, 0.3) is 0 Å². The summed E-state index contributed by atoms with van der Waals surface area (Å²) >= 11 is 0. The summed E-state index contributed by atoms with van der Waals surface area (Å²) in [5.74, 6) is 1.53. The van der Waals surface area contributed by atoms with Gasteiger partial charge in [0.05, 0.1) is 13.5 Å². The molecule has 6 nitrogen and oxygen atoms in total. The van der Waals surface area contributed by atoms with Crippen molar-refractivity contribution < 1.29 is 9.53 Å². The first-order chi connectivity index (χ1) is 6.63. The van der Waals surface area contributed by atoms with Gasteiger partial charge in [0.2, 0.25) is 0 Å². The van der Waals surface area contributed by atoms with Gasteiger partial charge in [-0.3, -0.25) is 4.79 Å². The Morgan fingerprint density at radius 1 is 1.71 bits per heavy atom. The zero-order valence-electron chi connectivity index (χ0n) is 8.26. The summed E-state index contributed by atoms with van der Waals surface area (Å²) in [6, 6.07) is 0. The Morgan fingerprint density at radius 2 is 2.43 bits per heavy atom. The van der Waals surface area contributed by atoms with E-state index < -0.39 is 0 Å². The molecule has 0 saturated carbocycles. The molecular formula is C8H14N4O2. The van der Waals surface area contributed by atoms with Gasteiger partial charge in [0.15, 0.2) is 5.82 Å². The molecule has 0 spiro atoms. The van der Waals surface area contributed by atoms with Crippen molar-refractivity contribution in [1.82, 2.24) is 9.97 Å². The maximum atomic E-state index is 10.8. The van der Waals surface area contributed by atoms with Crippen LogP contribution in [0.2, 0.25) is 0 Å². The number of hydrogen-bond acceptors (Lipinski definition) is 5. The van der Waals surface area contributed by atoms with Crippen molar-refractivity contribution in [2.24, 2.45) is 0 Å². The van der Waals surface area contributed by atoms with Gasteiger partial charge < -0.3 is 20.8 Å². The normalized spacial score (nSPS) is 9.86. The Kier molecular flexibility index (Phi) is 3.33. The predicted molar refractivity (Wildman–Crippen MR) is 52.9 cm³/mol. The van der Waals surface area contributed by atoms with Crippen LogP contribution in [0.15, 0.2) is 0 Å². The Hall–Kier alpha value is -1.72. The second-order valence-corrected chi connectivity index (χ2v) is 2.84. The number of ether oxygens (including phenoxy) is 1. The van der Waals surface area contributed by atoms with Crippen LogP contribution in [0, 0.1) is 6.92 Å². The lowest BCUT2D eigenvalue weighted by atomic mass is 10.4. The second-order valence-electron chi connectivity index (χ2n) is 2.84. The number of aromatic nitrogens is 2. The fraction of sp³-hybridized carbons (Fsp3) is 0.500. The van der Waals surface area contributed by atoms with Crippen LogP contribution in [0.4, 0.5) is 11.6 Å². The maximum Gasteiger partial charge on any atom is 0.307 e. The number of imidazole rings is 1. The number of esters is 1. The minimum atomic E-state index is -0.261. The summed E-state index contributed by atoms with van der Waals surface area (Å²) in [5, 5.41) is 2.93. The van der Waals surface area contributed by atoms with Crippen LogP contribution in [0.5, 0.6) is 0 Å².